The molecule has 0 bridgehead atoms. The fourth-order valence-corrected chi connectivity index (χ4v) is 4.15. The minimum absolute atomic E-state index is 0.0242. The first-order chi connectivity index (χ1) is 12.6. The summed E-state index contributed by atoms with van der Waals surface area (Å²) in [6.07, 6.45) is 3.51. The summed E-state index contributed by atoms with van der Waals surface area (Å²) < 4.78 is 0. The molecule has 2 amide bonds. The molecule has 0 aromatic heterocycles. The van der Waals surface area contributed by atoms with Crippen LogP contribution in [-0.4, -0.2) is 56.7 Å². The Morgan fingerprint density at radius 2 is 1.73 bits per heavy atom. The highest BCUT2D eigenvalue weighted by Gasteiger charge is 2.24. The normalized spacial score (nSPS) is 23.4. The first-order valence-electron chi connectivity index (χ1n) is 9.88. The van der Waals surface area contributed by atoms with Gasteiger partial charge in [-0.05, 0) is 68.5 Å². The lowest BCUT2D eigenvalue weighted by Crippen LogP contribution is -2.41. The largest absolute Gasteiger partial charge is 0.371 e. The van der Waals surface area contributed by atoms with E-state index in [9.17, 15) is 4.79 Å². The first-order valence-corrected chi connectivity index (χ1v) is 10.3. The maximum Gasteiger partial charge on any atom is 0.314 e. The van der Waals surface area contributed by atoms with Gasteiger partial charge in [0, 0.05) is 43.4 Å². The Labute approximate surface area is 162 Å². The molecule has 6 heteroatoms. The van der Waals surface area contributed by atoms with Gasteiger partial charge in [0.15, 0.2) is 0 Å². The number of nitrogens with zero attached hydrogens (tertiary/aromatic N) is 2. The van der Waals surface area contributed by atoms with Crippen LogP contribution in [0, 0.1) is 11.8 Å². The van der Waals surface area contributed by atoms with Crippen LogP contribution in [0.25, 0.3) is 0 Å². The molecule has 1 aromatic rings. The van der Waals surface area contributed by atoms with Crippen molar-refractivity contribution in [2.75, 3.05) is 50.7 Å². The van der Waals surface area contributed by atoms with Gasteiger partial charge in [-0.2, -0.15) is 0 Å². The number of carbonyl (C=O) groups excluding carboxylic acids is 1. The quantitative estimate of drug-likeness (QED) is 0.766. The smallest absolute Gasteiger partial charge is 0.314 e. The molecule has 2 atom stereocenters. The van der Waals surface area contributed by atoms with E-state index in [0.717, 1.165) is 44.2 Å². The van der Waals surface area contributed by atoms with Crippen molar-refractivity contribution < 1.29 is 4.79 Å². The molecular formula is C20H31ClN4O. The van der Waals surface area contributed by atoms with E-state index in [1.54, 1.807) is 0 Å². The highest BCUT2D eigenvalue weighted by Crippen LogP contribution is 2.24. The SMILES string of the molecule is CCCN1CC[C@@H](CNC(=O)NC[C@H]2CCN(c3ccc(Cl)cc3)C2)C1. The summed E-state index contributed by atoms with van der Waals surface area (Å²) in [5.41, 5.74) is 1.21. The average Bonchev–Trinajstić information content (AvgIpc) is 3.29. The molecule has 144 valence electrons. The van der Waals surface area contributed by atoms with Gasteiger partial charge in [-0.1, -0.05) is 18.5 Å². The van der Waals surface area contributed by atoms with Crippen LogP contribution in [0.1, 0.15) is 26.2 Å². The number of hydrogen-bond donors (Lipinski definition) is 2. The van der Waals surface area contributed by atoms with Gasteiger partial charge >= 0.3 is 6.03 Å². The number of halogens is 1. The zero-order valence-corrected chi connectivity index (χ0v) is 16.5. The minimum atomic E-state index is -0.0242. The molecule has 5 nitrogen and oxygen atoms in total. The third kappa shape index (κ3) is 5.52. The van der Waals surface area contributed by atoms with Crippen molar-refractivity contribution in [3.05, 3.63) is 29.3 Å². The number of likely N-dealkylation sites (tertiary alicyclic amines) is 1. The predicted octanol–water partition coefficient (Wildman–Crippen LogP) is 3.20. The molecule has 2 aliphatic heterocycles. The summed E-state index contributed by atoms with van der Waals surface area (Å²) >= 11 is 5.96. The summed E-state index contributed by atoms with van der Waals surface area (Å²) in [5, 5.41) is 6.88. The number of urea groups is 1. The van der Waals surface area contributed by atoms with Gasteiger partial charge < -0.3 is 20.4 Å². The van der Waals surface area contributed by atoms with Gasteiger partial charge in [-0.25, -0.2) is 4.79 Å². The summed E-state index contributed by atoms with van der Waals surface area (Å²) in [6.45, 7) is 9.22. The second kappa shape index (κ2) is 9.47. The molecule has 2 N–H and O–H groups in total. The lowest BCUT2D eigenvalue weighted by molar-refractivity contribution is 0.237. The Balaban J connectivity index is 1.32. The van der Waals surface area contributed by atoms with Crippen LogP contribution in [0.2, 0.25) is 5.02 Å². The third-order valence-electron chi connectivity index (χ3n) is 5.49. The lowest BCUT2D eigenvalue weighted by atomic mass is 10.1. The maximum atomic E-state index is 12.1. The maximum absolute atomic E-state index is 12.1. The number of amides is 2. The Morgan fingerprint density at radius 1 is 1.08 bits per heavy atom. The number of benzene rings is 1. The van der Waals surface area contributed by atoms with Crippen LogP contribution in [0.4, 0.5) is 10.5 Å². The molecule has 0 aliphatic carbocycles. The fraction of sp³-hybridized carbons (Fsp3) is 0.650. The molecule has 3 rings (SSSR count). The number of nitrogens with one attached hydrogen (secondary N) is 2. The van der Waals surface area contributed by atoms with Crippen LogP contribution in [0.15, 0.2) is 24.3 Å². The van der Waals surface area contributed by atoms with Crippen molar-refractivity contribution >= 4 is 23.3 Å². The van der Waals surface area contributed by atoms with Gasteiger partial charge in [0.2, 0.25) is 0 Å². The zero-order valence-electron chi connectivity index (χ0n) is 15.7. The predicted molar refractivity (Wildman–Crippen MR) is 108 cm³/mol. The Bertz CT molecular complexity index is 580. The van der Waals surface area contributed by atoms with E-state index in [1.807, 2.05) is 12.1 Å². The number of rotatable bonds is 7. The van der Waals surface area contributed by atoms with Gasteiger partial charge in [0.25, 0.3) is 0 Å². The summed E-state index contributed by atoms with van der Waals surface area (Å²) in [7, 11) is 0. The Morgan fingerprint density at radius 3 is 2.42 bits per heavy atom. The van der Waals surface area contributed by atoms with E-state index in [4.69, 9.17) is 11.6 Å². The van der Waals surface area contributed by atoms with Gasteiger partial charge in [0.05, 0.1) is 0 Å². The fourth-order valence-electron chi connectivity index (χ4n) is 4.02. The standard InChI is InChI=1S/C20H31ClN4O/c1-2-9-24-10-7-16(14-24)12-22-20(26)23-13-17-8-11-25(15-17)19-5-3-18(21)4-6-19/h3-6,16-17H,2,7-15H2,1H3,(H2,22,23,26)/t16-,17+/m0/s1. The number of anilines is 1. The topological polar surface area (TPSA) is 47.6 Å². The summed E-state index contributed by atoms with van der Waals surface area (Å²) in [5.74, 6) is 1.10. The molecule has 2 saturated heterocycles. The van der Waals surface area contributed by atoms with Gasteiger partial charge in [-0.15, -0.1) is 0 Å². The number of carbonyl (C=O) groups is 1. The molecule has 0 radical (unpaired) electrons. The van der Waals surface area contributed by atoms with Crippen LogP contribution in [-0.2, 0) is 0 Å². The molecule has 0 saturated carbocycles. The van der Waals surface area contributed by atoms with E-state index in [0.29, 0.717) is 11.8 Å². The minimum Gasteiger partial charge on any atom is -0.371 e. The second-order valence-corrected chi connectivity index (χ2v) is 8.06. The lowest BCUT2D eigenvalue weighted by Gasteiger charge is -2.19. The van der Waals surface area contributed by atoms with Crippen molar-refractivity contribution in [1.29, 1.82) is 0 Å². The summed E-state index contributed by atoms with van der Waals surface area (Å²) in [4.78, 5) is 16.9. The molecule has 26 heavy (non-hydrogen) atoms. The second-order valence-electron chi connectivity index (χ2n) is 7.62. The van der Waals surface area contributed by atoms with Gasteiger partial charge in [-0.3, -0.25) is 0 Å². The molecule has 1 aromatic carbocycles. The van der Waals surface area contributed by atoms with E-state index in [2.05, 4.69) is 39.5 Å². The van der Waals surface area contributed by atoms with Crippen molar-refractivity contribution in [2.45, 2.75) is 26.2 Å². The average molecular weight is 379 g/mol. The van der Waals surface area contributed by atoms with E-state index >= 15 is 0 Å². The van der Waals surface area contributed by atoms with E-state index in [-0.39, 0.29) is 6.03 Å². The van der Waals surface area contributed by atoms with Crippen molar-refractivity contribution in [3.8, 4) is 0 Å². The molecule has 0 unspecified atom stereocenters. The molecule has 2 heterocycles. The third-order valence-corrected chi connectivity index (χ3v) is 5.74. The molecule has 0 spiro atoms. The van der Waals surface area contributed by atoms with Crippen molar-refractivity contribution in [2.24, 2.45) is 11.8 Å². The monoisotopic (exact) mass is 378 g/mol. The first kappa shape index (κ1) is 19.3. The van der Waals surface area contributed by atoms with E-state index < -0.39 is 0 Å². The summed E-state index contributed by atoms with van der Waals surface area (Å²) in [6, 6.07) is 7.97. The van der Waals surface area contributed by atoms with Crippen LogP contribution in [0.5, 0.6) is 0 Å². The van der Waals surface area contributed by atoms with E-state index in [1.165, 1.54) is 31.6 Å². The van der Waals surface area contributed by atoms with Crippen LogP contribution >= 0.6 is 11.6 Å². The Hall–Kier alpha value is -1.46. The number of hydrogen-bond acceptors (Lipinski definition) is 3. The van der Waals surface area contributed by atoms with Crippen molar-refractivity contribution in [3.63, 3.8) is 0 Å². The van der Waals surface area contributed by atoms with Gasteiger partial charge in [0.1, 0.15) is 0 Å². The molecule has 2 aliphatic rings. The van der Waals surface area contributed by atoms with Crippen molar-refractivity contribution in [1.82, 2.24) is 15.5 Å². The zero-order chi connectivity index (χ0) is 18.4. The Kier molecular flexibility index (Phi) is 7.03. The highest BCUT2D eigenvalue weighted by molar-refractivity contribution is 6.30. The molecule has 2 fully saturated rings. The molecular weight excluding hydrogens is 348 g/mol. The van der Waals surface area contributed by atoms with Crippen LogP contribution < -0.4 is 15.5 Å². The highest BCUT2D eigenvalue weighted by atomic mass is 35.5. The van der Waals surface area contributed by atoms with Crippen LogP contribution in [0.3, 0.4) is 0 Å².